The lowest BCUT2D eigenvalue weighted by atomic mass is 10.1. The van der Waals surface area contributed by atoms with Gasteiger partial charge >= 0.3 is 6.03 Å². The molecule has 0 radical (unpaired) electrons. The van der Waals surface area contributed by atoms with Crippen LogP contribution in [0.1, 0.15) is 17.3 Å². The number of aromatic nitrogens is 2. The number of imidazole rings is 1. The van der Waals surface area contributed by atoms with Crippen molar-refractivity contribution in [2.24, 2.45) is 0 Å². The molecule has 0 saturated carbocycles. The van der Waals surface area contributed by atoms with E-state index in [0.717, 1.165) is 16.9 Å². The Hall–Kier alpha value is -2.93. The molecule has 3 rings (SSSR count). The van der Waals surface area contributed by atoms with E-state index < -0.39 is 0 Å². The Morgan fingerprint density at radius 3 is 2.81 bits per heavy atom. The number of benzene rings is 1. The van der Waals surface area contributed by atoms with E-state index in [2.05, 4.69) is 15.6 Å². The molecule has 0 saturated heterocycles. The summed E-state index contributed by atoms with van der Waals surface area (Å²) in [7, 11) is 3.80. The van der Waals surface area contributed by atoms with Gasteiger partial charge in [0.15, 0.2) is 0 Å². The molecule has 0 aliphatic rings. The van der Waals surface area contributed by atoms with Gasteiger partial charge in [-0.2, -0.15) is 0 Å². The fraction of sp³-hybridized carbons (Fsp3) is 0.300. The number of fused-ring (bicyclic) bond motifs is 1. The summed E-state index contributed by atoms with van der Waals surface area (Å²) < 4.78 is 15.4. The van der Waals surface area contributed by atoms with Gasteiger partial charge in [0.05, 0.1) is 11.7 Å². The molecule has 1 aromatic carbocycles. The molecule has 1 atom stereocenters. The van der Waals surface area contributed by atoms with Crippen LogP contribution >= 0.6 is 0 Å². The van der Waals surface area contributed by atoms with Crippen molar-refractivity contribution in [3.05, 3.63) is 71.9 Å². The van der Waals surface area contributed by atoms with Crippen molar-refractivity contribution in [3.63, 3.8) is 0 Å². The first-order chi connectivity index (χ1) is 13.0. The number of nitrogens with zero attached hydrogens (tertiary/aromatic N) is 3. The van der Waals surface area contributed by atoms with Crippen molar-refractivity contribution >= 4 is 11.7 Å². The number of hydrogen-bond donors (Lipinski definition) is 2. The monoisotopic (exact) mass is 369 g/mol. The molecule has 142 valence electrons. The Balaban J connectivity index is 1.48. The zero-order valence-electron chi connectivity index (χ0n) is 15.5. The maximum atomic E-state index is 13.5. The van der Waals surface area contributed by atoms with Crippen molar-refractivity contribution < 1.29 is 9.18 Å². The maximum absolute atomic E-state index is 13.5. The smallest absolute Gasteiger partial charge is 0.314 e. The average molecular weight is 369 g/mol. The summed E-state index contributed by atoms with van der Waals surface area (Å²) in [5, 5.41) is 5.70. The lowest BCUT2D eigenvalue weighted by Gasteiger charge is -2.25. The third-order valence-corrected chi connectivity index (χ3v) is 4.39. The van der Waals surface area contributed by atoms with Crippen molar-refractivity contribution in [1.29, 1.82) is 0 Å². The second-order valence-corrected chi connectivity index (χ2v) is 6.62. The van der Waals surface area contributed by atoms with Gasteiger partial charge in [0.1, 0.15) is 11.5 Å². The quantitative estimate of drug-likeness (QED) is 0.673. The van der Waals surface area contributed by atoms with Gasteiger partial charge in [0.25, 0.3) is 0 Å². The minimum Gasteiger partial charge on any atom is -0.338 e. The zero-order valence-corrected chi connectivity index (χ0v) is 15.5. The molecule has 2 amide bonds. The van der Waals surface area contributed by atoms with Crippen LogP contribution < -0.4 is 10.6 Å². The standard InChI is InChI=1S/C20H24FN5O/c1-25(2)18(15-6-5-7-16(21)12-15)13-23-20(27)22-10-9-17-14-26-11-4-3-8-19(26)24-17/h3-8,11-12,14,18H,9-10,13H2,1-2H3,(H2,22,23,27)/t18-/m1/s1. The number of urea groups is 1. The van der Waals surface area contributed by atoms with E-state index in [4.69, 9.17) is 0 Å². The highest BCUT2D eigenvalue weighted by molar-refractivity contribution is 5.73. The van der Waals surface area contributed by atoms with Crippen LogP contribution in [0.25, 0.3) is 5.65 Å². The molecule has 0 aliphatic heterocycles. The first-order valence-electron chi connectivity index (χ1n) is 8.89. The first kappa shape index (κ1) is 18.8. The molecule has 0 fully saturated rings. The topological polar surface area (TPSA) is 61.7 Å². The number of halogens is 1. The number of carbonyl (C=O) groups excluding carboxylic acids is 1. The highest BCUT2D eigenvalue weighted by Gasteiger charge is 2.15. The minimum atomic E-state index is -0.281. The third-order valence-electron chi connectivity index (χ3n) is 4.39. The minimum absolute atomic E-state index is 0.107. The van der Waals surface area contributed by atoms with E-state index in [1.54, 1.807) is 6.07 Å². The van der Waals surface area contributed by atoms with Crippen molar-refractivity contribution in [3.8, 4) is 0 Å². The van der Waals surface area contributed by atoms with Gasteiger partial charge < -0.3 is 19.9 Å². The lowest BCUT2D eigenvalue weighted by molar-refractivity contribution is 0.233. The number of carbonyl (C=O) groups is 1. The van der Waals surface area contributed by atoms with E-state index >= 15 is 0 Å². The summed E-state index contributed by atoms with van der Waals surface area (Å²) in [6.45, 7) is 0.874. The lowest BCUT2D eigenvalue weighted by Crippen LogP contribution is -2.41. The van der Waals surface area contributed by atoms with E-state index in [1.807, 2.05) is 60.1 Å². The Kier molecular flexibility index (Phi) is 6.03. The van der Waals surface area contributed by atoms with Gasteiger partial charge in [-0.3, -0.25) is 0 Å². The van der Waals surface area contributed by atoms with Crippen LogP contribution in [0, 0.1) is 5.82 Å². The maximum Gasteiger partial charge on any atom is 0.314 e. The average Bonchev–Trinajstić information content (AvgIpc) is 3.04. The van der Waals surface area contributed by atoms with Crippen LogP contribution in [0.15, 0.2) is 54.9 Å². The highest BCUT2D eigenvalue weighted by atomic mass is 19.1. The second-order valence-electron chi connectivity index (χ2n) is 6.62. The summed E-state index contributed by atoms with van der Waals surface area (Å²) in [6, 6.07) is 11.9. The Morgan fingerprint density at radius 1 is 1.22 bits per heavy atom. The molecule has 2 N–H and O–H groups in total. The van der Waals surface area contributed by atoms with Crippen LogP contribution in [0.4, 0.5) is 9.18 Å². The number of amides is 2. The van der Waals surface area contributed by atoms with Crippen molar-refractivity contribution in [2.75, 3.05) is 27.2 Å². The summed E-state index contributed by atoms with van der Waals surface area (Å²) in [6.07, 6.45) is 4.55. The highest BCUT2D eigenvalue weighted by Crippen LogP contribution is 2.18. The molecule has 2 aromatic heterocycles. The van der Waals surface area contributed by atoms with Crippen LogP contribution in [0.3, 0.4) is 0 Å². The third kappa shape index (κ3) is 5.04. The molecular formula is C20H24FN5O. The largest absolute Gasteiger partial charge is 0.338 e. The molecule has 2 heterocycles. The molecule has 0 aliphatic carbocycles. The Labute approximate surface area is 158 Å². The van der Waals surface area contributed by atoms with Gasteiger partial charge in [-0.15, -0.1) is 0 Å². The molecule has 0 unspecified atom stereocenters. The van der Waals surface area contributed by atoms with Gasteiger partial charge in [-0.05, 0) is 43.9 Å². The molecule has 7 heteroatoms. The SMILES string of the molecule is CN(C)[C@H](CNC(=O)NCCc1cn2ccccc2n1)c1cccc(F)c1. The van der Waals surface area contributed by atoms with Gasteiger partial charge in [-0.1, -0.05) is 18.2 Å². The predicted octanol–water partition coefficient (Wildman–Crippen LogP) is 2.62. The number of likely N-dealkylation sites (N-methyl/N-ethyl adjacent to an activating group) is 1. The van der Waals surface area contributed by atoms with Gasteiger partial charge in [0.2, 0.25) is 0 Å². The molecular weight excluding hydrogens is 345 g/mol. The first-order valence-corrected chi connectivity index (χ1v) is 8.89. The van der Waals surface area contributed by atoms with E-state index in [-0.39, 0.29) is 17.9 Å². The fourth-order valence-electron chi connectivity index (χ4n) is 2.98. The molecule has 0 bridgehead atoms. The molecule has 3 aromatic rings. The number of hydrogen-bond acceptors (Lipinski definition) is 3. The normalized spacial score (nSPS) is 12.3. The number of pyridine rings is 1. The second kappa shape index (κ2) is 8.64. The van der Waals surface area contributed by atoms with Crippen LogP contribution in [0.5, 0.6) is 0 Å². The molecule has 0 spiro atoms. The summed E-state index contributed by atoms with van der Waals surface area (Å²) in [5.41, 5.74) is 2.64. The van der Waals surface area contributed by atoms with Gasteiger partial charge in [0, 0.05) is 31.9 Å². The number of nitrogens with one attached hydrogen (secondary N) is 2. The van der Waals surface area contributed by atoms with Crippen molar-refractivity contribution in [2.45, 2.75) is 12.5 Å². The summed E-state index contributed by atoms with van der Waals surface area (Å²) >= 11 is 0. The van der Waals surface area contributed by atoms with E-state index in [1.165, 1.54) is 12.1 Å². The van der Waals surface area contributed by atoms with Crippen LogP contribution in [-0.2, 0) is 6.42 Å². The molecule has 6 nitrogen and oxygen atoms in total. The summed E-state index contributed by atoms with van der Waals surface area (Å²) in [4.78, 5) is 18.5. The predicted molar refractivity (Wildman–Crippen MR) is 103 cm³/mol. The van der Waals surface area contributed by atoms with E-state index in [9.17, 15) is 9.18 Å². The zero-order chi connectivity index (χ0) is 19.2. The van der Waals surface area contributed by atoms with Crippen LogP contribution in [-0.4, -0.2) is 47.5 Å². The van der Waals surface area contributed by atoms with E-state index in [0.29, 0.717) is 19.5 Å². The summed E-state index contributed by atoms with van der Waals surface area (Å²) in [5.74, 6) is -0.281. The van der Waals surface area contributed by atoms with Gasteiger partial charge in [-0.25, -0.2) is 14.2 Å². The number of rotatable bonds is 7. The van der Waals surface area contributed by atoms with Crippen molar-refractivity contribution in [1.82, 2.24) is 24.9 Å². The van der Waals surface area contributed by atoms with Crippen LogP contribution in [0.2, 0.25) is 0 Å². The fourth-order valence-corrected chi connectivity index (χ4v) is 2.98. The Morgan fingerprint density at radius 2 is 2.07 bits per heavy atom. The Bertz CT molecular complexity index is 875. The molecule has 27 heavy (non-hydrogen) atoms.